The number of fused-ring (bicyclic) bond motifs is 1. The van der Waals surface area contributed by atoms with Crippen molar-refractivity contribution in [2.24, 2.45) is 0 Å². The Balaban J connectivity index is 1.65. The van der Waals surface area contributed by atoms with Gasteiger partial charge >= 0.3 is 0 Å². The summed E-state index contributed by atoms with van der Waals surface area (Å²) in [7, 11) is 1.63. The van der Waals surface area contributed by atoms with Crippen LogP contribution in [0.15, 0.2) is 54.7 Å². The van der Waals surface area contributed by atoms with Crippen LogP contribution < -0.4 is 15.4 Å². The summed E-state index contributed by atoms with van der Waals surface area (Å²) in [6, 6.07) is 15.4. The third-order valence-electron chi connectivity index (χ3n) is 4.27. The van der Waals surface area contributed by atoms with Crippen molar-refractivity contribution < 1.29 is 9.53 Å². The molecule has 0 aliphatic rings. The third kappa shape index (κ3) is 3.94. The fraction of sp³-hybridized carbons (Fsp3) is 0.250. The summed E-state index contributed by atoms with van der Waals surface area (Å²) in [6.45, 7) is 2.49. The Hall–Kier alpha value is -2.95. The molecule has 0 radical (unpaired) electrons. The molecule has 2 aromatic carbocycles. The number of nitrogens with one attached hydrogen (secondary N) is 3. The zero-order chi connectivity index (χ0) is 17.6. The first-order chi connectivity index (χ1) is 12.2. The van der Waals surface area contributed by atoms with Crippen LogP contribution in [-0.4, -0.2) is 24.0 Å². The Morgan fingerprint density at radius 1 is 1.20 bits per heavy atom. The van der Waals surface area contributed by atoms with Crippen LogP contribution in [0.25, 0.3) is 10.9 Å². The number of amides is 1. The smallest absolute Gasteiger partial charge is 0.242 e. The van der Waals surface area contributed by atoms with Gasteiger partial charge in [-0.15, -0.1) is 0 Å². The van der Waals surface area contributed by atoms with Crippen molar-refractivity contribution in [3.8, 4) is 5.75 Å². The Bertz CT molecular complexity index is 857. The number of anilines is 1. The van der Waals surface area contributed by atoms with Crippen molar-refractivity contribution >= 4 is 22.5 Å². The van der Waals surface area contributed by atoms with Crippen LogP contribution in [0.1, 0.15) is 18.9 Å². The average Bonchev–Trinajstić information content (AvgIpc) is 3.13. The molecule has 0 unspecified atom stereocenters. The number of hydrogen-bond acceptors (Lipinski definition) is 3. The van der Waals surface area contributed by atoms with Gasteiger partial charge < -0.3 is 20.4 Å². The number of carbonyl (C=O) groups excluding carboxylic acids is 1. The van der Waals surface area contributed by atoms with Gasteiger partial charge in [0.05, 0.1) is 7.11 Å². The maximum absolute atomic E-state index is 12.6. The molecule has 1 amide bonds. The van der Waals surface area contributed by atoms with Crippen LogP contribution in [0.4, 0.5) is 5.69 Å². The first kappa shape index (κ1) is 16.9. The molecule has 0 bridgehead atoms. The second kappa shape index (κ2) is 7.75. The zero-order valence-electron chi connectivity index (χ0n) is 14.5. The molecule has 0 aliphatic heterocycles. The van der Waals surface area contributed by atoms with E-state index in [0.29, 0.717) is 13.0 Å². The van der Waals surface area contributed by atoms with Crippen LogP contribution in [-0.2, 0) is 11.3 Å². The van der Waals surface area contributed by atoms with Crippen LogP contribution in [0.5, 0.6) is 5.75 Å². The van der Waals surface area contributed by atoms with Gasteiger partial charge in [-0.25, -0.2) is 0 Å². The number of rotatable bonds is 7. The predicted molar refractivity (Wildman–Crippen MR) is 101 cm³/mol. The van der Waals surface area contributed by atoms with Gasteiger partial charge in [0.2, 0.25) is 5.91 Å². The summed E-state index contributed by atoms with van der Waals surface area (Å²) < 4.78 is 5.23. The summed E-state index contributed by atoms with van der Waals surface area (Å²) in [4.78, 5) is 15.8. The molecule has 0 spiro atoms. The molecular formula is C20H23N3O2. The standard InChI is InChI=1S/C20H23N3O2/c1-3-18(23-15-7-5-8-16(12-15)25-2)20(24)22-13-14-6-4-9-19-17(14)10-11-21-19/h4-12,18,21,23H,3,13H2,1-2H3,(H,22,24)/t18-/m1/s1. The fourth-order valence-electron chi connectivity index (χ4n) is 2.88. The first-order valence-corrected chi connectivity index (χ1v) is 8.44. The van der Waals surface area contributed by atoms with Gasteiger partial charge in [-0.1, -0.05) is 25.1 Å². The molecule has 3 aromatic rings. The molecule has 0 saturated carbocycles. The summed E-state index contributed by atoms with van der Waals surface area (Å²) in [5.41, 5.74) is 3.05. The molecule has 5 heteroatoms. The molecule has 3 N–H and O–H groups in total. The summed E-state index contributed by atoms with van der Waals surface area (Å²) in [6.07, 6.45) is 2.60. The molecule has 3 rings (SSSR count). The minimum atomic E-state index is -0.294. The predicted octanol–water partition coefficient (Wildman–Crippen LogP) is 3.68. The Morgan fingerprint density at radius 3 is 2.84 bits per heavy atom. The minimum Gasteiger partial charge on any atom is -0.497 e. The molecule has 5 nitrogen and oxygen atoms in total. The lowest BCUT2D eigenvalue weighted by molar-refractivity contribution is -0.122. The maximum atomic E-state index is 12.6. The fourth-order valence-corrected chi connectivity index (χ4v) is 2.88. The molecule has 130 valence electrons. The quantitative estimate of drug-likeness (QED) is 0.616. The van der Waals surface area contributed by atoms with Crippen LogP contribution in [0.2, 0.25) is 0 Å². The number of aromatic amines is 1. The lowest BCUT2D eigenvalue weighted by Crippen LogP contribution is -2.38. The van der Waals surface area contributed by atoms with Gasteiger partial charge in [-0.3, -0.25) is 4.79 Å². The lowest BCUT2D eigenvalue weighted by Gasteiger charge is -2.18. The van der Waals surface area contributed by atoms with E-state index in [1.807, 2.05) is 61.7 Å². The van der Waals surface area contributed by atoms with Crippen LogP contribution >= 0.6 is 0 Å². The SMILES string of the molecule is CC[C@@H](Nc1cccc(OC)c1)C(=O)NCc1cccc2[nH]ccc12. The number of H-pyrrole nitrogens is 1. The van der Waals surface area contributed by atoms with Crippen molar-refractivity contribution in [2.75, 3.05) is 12.4 Å². The van der Waals surface area contributed by atoms with Gasteiger partial charge in [0, 0.05) is 35.4 Å². The third-order valence-corrected chi connectivity index (χ3v) is 4.27. The van der Waals surface area contributed by atoms with Gasteiger partial charge in [0.15, 0.2) is 0 Å². The number of benzene rings is 2. The first-order valence-electron chi connectivity index (χ1n) is 8.44. The number of carbonyl (C=O) groups is 1. The average molecular weight is 337 g/mol. The van der Waals surface area contributed by atoms with E-state index >= 15 is 0 Å². The van der Waals surface area contributed by atoms with E-state index in [2.05, 4.69) is 15.6 Å². The Morgan fingerprint density at radius 2 is 2.04 bits per heavy atom. The van der Waals surface area contributed by atoms with E-state index in [4.69, 9.17) is 4.74 Å². The number of aromatic nitrogens is 1. The Kier molecular flexibility index (Phi) is 5.23. The van der Waals surface area contributed by atoms with Crippen LogP contribution in [0.3, 0.4) is 0 Å². The van der Waals surface area contributed by atoms with Crippen molar-refractivity contribution in [3.05, 3.63) is 60.3 Å². The van der Waals surface area contributed by atoms with E-state index in [1.165, 1.54) is 0 Å². The van der Waals surface area contributed by atoms with Gasteiger partial charge in [-0.2, -0.15) is 0 Å². The molecular weight excluding hydrogens is 314 g/mol. The molecule has 0 fully saturated rings. The van der Waals surface area contributed by atoms with Crippen molar-refractivity contribution in [1.29, 1.82) is 0 Å². The van der Waals surface area contributed by atoms with E-state index in [9.17, 15) is 4.79 Å². The second-order valence-electron chi connectivity index (χ2n) is 5.91. The van der Waals surface area contributed by atoms with E-state index in [-0.39, 0.29) is 11.9 Å². The summed E-state index contributed by atoms with van der Waals surface area (Å²) >= 11 is 0. The lowest BCUT2D eigenvalue weighted by atomic mass is 10.1. The molecule has 0 aliphatic carbocycles. The zero-order valence-corrected chi connectivity index (χ0v) is 14.5. The normalized spacial score (nSPS) is 11.9. The van der Waals surface area contributed by atoms with Crippen LogP contribution in [0, 0.1) is 0 Å². The molecule has 1 aromatic heterocycles. The van der Waals surface area contributed by atoms with E-state index < -0.39 is 0 Å². The molecule has 0 saturated heterocycles. The molecule has 1 heterocycles. The highest BCUT2D eigenvalue weighted by Crippen LogP contribution is 2.19. The number of hydrogen-bond donors (Lipinski definition) is 3. The van der Waals surface area contributed by atoms with Crippen molar-refractivity contribution in [2.45, 2.75) is 25.9 Å². The van der Waals surface area contributed by atoms with Crippen molar-refractivity contribution in [1.82, 2.24) is 10.3 Å². The van der Waals surface area contributed by atoms with E-state index in [1.54, 1.807) is 7.11 Å². The van der Waals surface area contributed by atoms with Gasteiger partial charge in [0.25, 0.3) is 0 Å². The number of ether oxygens (including phenoxy) is 1. The highest BCUT2D eigenvalue weighted by molar-refractivity contribution is 5.86. The van der Waals surface area contributed by atoms with Gasteiger partial charge in [-0.05, 0) is 36.2 Å². The largest absolute Gasteiger partial charge is 0.497 e. The minimum absolute atomic E-state index is 0.0159. The maximum Gasteiger partial charge on any atom is 0.242 e. The molecule has 25 heavy (non-hydrogen) atoms. The highest BCUT2D eigenvalue weighted by Gasteiger charge is 2.16. The summed E-state index contributed by atoms with van der Waals surface area (Å²) in [5, 5.41) is 7.44. The van der Waals surface area contributed by atoms with E-state index in [0.717, 1.165) is 27.9 Å². The Labute approximate surface area is 147 Å². The topological polar surface area (TPSA) is 66.2 Å². The second-order valence-corrected chi connectivity index (χ2v) is 5.91. The molecule has 1 atom stereocenters. The number of methoxy groups -OCH3 is 1. The monoisotopic (exact) mass is 337 g/mol. The summed E-state index contributed by atoms with van der Waals surface area (Å²) in [5.74, 6) is 0.747. The van der Waals surface area contributed by atoms with Crippen molar-refractivity contribution in [3.63, 3.8) is 0 Å². The van der Waals surface area contributed by atoms with Gasteiger partial charge in [0.1, 0.15) is 11.8 Å². The highest BCUT2D eigenvalue weighted by atomic mass is 16.5.